The lowest BCUT2D eigenvalue weighted by Crippen LogP contribution is -2.00. The van der Waals surface area contributed by atoms with Gasteiger partial charge < -0.3 is 9.84 Å². The largest absolute Gasteiger partial charge is 0.490 e. The van der Waals surface area contributed by atoms with Crippen LogP contribution in [0.25, 0.3) is 11.3 Å². The number of aromatic nitrogens is 2. The predicted molar refractivity (Wildman–Crippen MR) is 72.6 cm³/mol. The molecule has 0 radical (unpaired) electrons. The Morgan fingerprint density at radius 2 is 2.25 bits per heavy atom. The van der Waals surface area contributed by atoms with Gasteiger partial charge in [-0.25, -0.2) is 0 Å². The van der Waals surface area contributed by atoms with Crippen molar-refractivity contribution >= 4 is 5.69 Å². The molecule has 0 bridgehead atoms. The van der Waals surface area contributed by atoms with Crippen molar-refractivity contribution in [1.29, 1.82) is 0 Å². The van der Waals surface area contributed by atoms with Crippen LogP contribution in [0.5, 0.6) is 5.75 Å². The average Bonchev–Trinajstić information content (AvgIpc) is 2.84. The fraction of sp³-hybridized carbons (Fsp3) is 0.308. The Labute approximate surface area is 115 Å². The third kappa shape index (κ3) is 2.62. The van der Waals surface area contributed by atoms with Crippen LogP contribution in [-0.2, 0) is 13.5 Å². The molecule has 0 fully saturated rings. The van der Waals surface area contributed by atoms with E-state index >= 15 is 0 Å². The van der Waals surface area contributed by atoms with Gasteiger partial charge in [0, 0.05) is 25.9 Å². The Kier molecular flexibility index (Phi) is 3.99. The number of hydrogen-bond donors (Lipinski definition) is 1. The van der Waals surface area contributed by atoms with Crippen molar-refractivity contribution in [1.82, 2.24) is 9.78 Å². The van der Waals surface area contributed by atoms with E-state index < -0.39 is 4.92 Å². The quantitative estimate of drug-likeness (QED) is 0.661. The van der Waals surface area contributed by atoms with Gasteiger partial charge in [-0.2, -0.15) is 5.10 Å². The lowest BCUT2D eigenvalue weighted by atomic mass is 10.0. The summed E-state index contributed by atoms with van der Waals surface area (Å²) < 4.78 is 6.79. The molecule has 2 aromatic rings. The number of ether oxygens (including phenoxy) is 1. The van der Waals surface area contributed by atoms with E-state index in [1.54, 1.807) is 30.1 Å². The molecule has 0 saturated carbocycles. The normalized spacial score (nSPS) is 10.6. The molecule has 106 valence electrons. The monoisotopic (exact) mass is 277 g/mol. The van der Waals surface area contributed by atoms with Gasteiger partial charge in [-0.3, -0.25) is 14.8 Å². The van der Waals surface area contributed by atoms with Crippen molar-refractivity contribution < 1.29 is 14.8 Å². The molecular weight excluding hydrogens is 262 g/mol. The van der Waals surface area contributed by atoms with E-state index in [2.05, 4.69) is 5.10 Å². The Balaban J connectivity index is 2.66. The van der Waals surface area contributed by atoms with Gasteiger partial charge in [0.25, 0.3) is 0 Å². The highest BCUT2D eigenvalue weighted by atomic mass is 16.6. The molecule has 1 aromatic carbocycles. The fourth-order valence-electron chi connectivity index (χ4n) is 2.04. The molecule has 0 saturated heterocycles. The first-order chi connectivity index (χ1) is 9.56. The highest BCUT2D eigenvalue weighted by Gasteiger charge is 2.22. The molecule has 7 heteroatoms. The summed E-state index contributed by atoms with van der Waals surface area (Å²) in [6.07, 6.45) is 2.09. The Hall–Kier alpha value is -2.41. The van der Waals surface area contributed by atoms with E-state index in [9.17, 15) is 10.1 Å². The van der Waals surface area contributed by atoms with Crippen LogP contribution in [0.3, 0.4) is 0 Å². The number of nitrogens with zero attached hydrogens (tertiary/aromatic N) is 3. The summed E-state index contributed by atoms with van der Waals surface area (Å²) in [5, 5.41) is 24.4. The number of nitro benzene ring substituents is 1. The highest BCUT2D eigenvalue weighted by Crippen LogP contribution is 2.38. The van der Waals surface area contributed by atoms with Crippen molar-refractivity contribution in [2.75, 3.05) is 13.7 Å². The Morgan fingerprint density at radius 3 is 2.75 bits per heavy atom. The topological polar surface area (TPSA) is 90.4 Å². The van der Waals surface area contributed by atoms with Gasteiger partial charge in [0.2, 0.25) is 5.75 Å². The zero-order chi connectivity index (χ0) is 14.7. The summed E-state index contributed by atoms with van der Waals surface area (Å²) in [6.45, 7) is -0.0782. The first-order valence-electron chi connectivity index (χ1n) is 6.03. The van der Waals surface area contributed by atoms with E-state index in [0.29, 0.717) is 23.2 Å². The van der Waals surface area contributed by atoms with Crippen LogP contribution >= 0.6 is 0 Å². The van der Waals surface area contributed by atoms with E-state index in [1.165, 1.54) is 13.2 Å². The fourth-order valence-corrected chi connectivity index (χ4v) is 2.04. The first-order valence-corrected chi connectivity index (χ1v) is 6.03. The summed E-state index contributed by atoms with van der Waals surface area (Å²) >= 11 is 0. The van der Waals surface area contributed by atoms with Crippen molar-refractivity contribution in [2.24, 2.45) is 7.05 Å². The number of nitro groups is 1. The molecule has 0 aliphatic rings. The lowest BCUT2D eigenvalue weighted by Gasteiger charge is -2.09. The number of aliphatic hydroxyl groups is 1. The van der Waals surface area contributed by atoms with Crippen LogP contribution in [0.4, 0.5) is 5.69 Å². The minimum atomic E-state index is -0.494. The summed E-state index contributed by atoms with van der Waals surface area (Å²) in [6, 6.07) is 4.93. The van der Waals surface area contributed by atoms with Crippen molar-refractivity contribution in [3.8, 4) is 17.0 Å². The number of hydrogen-bond acceptors (Lipinski definition) is 5. The highest BCUT2D eigenvalue weighted by molar-refractivity contribution is 5.74. The average molecular weight is 277 g/mol. The molecule has 1 aromatic heterocycles. The molecule has 0 amide bonds. The zero-order valence-corrected chi connectivity index (χ0v) is 11.2. The summed E-state index contributed by atoms with van der Waals surface area (Å²) in [5.41, 5.74) is 1.68. The minimum Gasteiger partial charge on any atom is -0.490 e. The molecule has 0 atom stereocenters. The van der Waals surface area contributed by atoms with Crippen LogP contribution in [-0.4, -0.2) is 33.5 Å². The number of aliphatic hydroxyl groups excluding tert-OH is 1. The van der Waals surface area contributed by atoms with Gasteiger partial charge >= 0.3 is 5.69 Å². The maximum Gasteiger partial charge on any atom is 0.311 e. The number of benzene rings is 1. The van der Waals surface area contributed by atoms with Crippen molar-refractivity contribution in [3.05, 3.63) is 40.1 Å². The molecule has 0 aliphatic heterocycles. The predicted octanol–water partition coefficient (Wildman–Crippen LogP) is 1.54. The molecular formula is C13H15N3O4. The van der Waals surface area contributed by atoms with Gasteiger partial charge in [0.05, 0.1) is 23.3 Å². The second-order valence-electron chi connectivity index (χ2n) is 4.30. The van der Waals surface area contributed by atoms with Crippen molar-refractivity contribution in [3.63, 3.8) is 0 Å². The van der Waals surface area contributed by atoms with Gasteiger partial charge in [-0.1, -0.05) is 0 Å². The molecule has 0 aliphatic carbocycles. The van der Waals surface area contributed by atoms with Gasteiger partial charge in [0.15, 0.2) is 0 Å². The number of rotatable bonds is 5. The molecule has 7 nitrogen and oxygen atoms in total. The van der Waals surface area contributed by atoms with E-state index in [0.717, 1.165) is 0 Å². The summed E-state index contributed by atoms with van der Waals surface area (Å²) in [7, 11) is 3.16. The third-order valence-electron chi connectivity index (χ3n) is 2.92. The van der Waals surface area contributed by atoms with Crippen LogP contribution in [0, 0.1) is 10.1 Å². The van der Waals surface area contributed by atoms with Crippen LogP contribution in [0.2, 0.25) is 0 Å². The summed E-state index contributed by atoms with van der Waals surface area (Å²) in [5.74, 6) is 0.176. The maximum atomic E-state index is 11.2. The zero-order valence-electron chi connectivity index (χ0n) is 11.2. The standard InChI is InChI=1S/C13H15N3O4/c1-15-5-3-11(14-15)10-7-9(4-6-17)8-12(16(18)19)13(10)20-2/h3,5,7-8,17H,4,6H2,1-2H3. The third-order valence-corrected chi connectivity index (χ3v) is 2.92. The number of aryl methyl sites for hydroxylation is 1. The Bertz CT molecular complexity index is 637. The Morgan fingerprint density at radius 1 is 1.50 bits per heavy atom. The van der Waals surface area contributed by atoms with Crippen LogP contribution in [0.15, 0.2) is 24.4 Å². The van der Waals surface area contributed by atoms with Gasteiger partial charge in [-0.15, -0.1) is 0 Å². The number of methoxy groups -OCH3 is 1. The van der Waals surface area contributed by atoms with Gasteiger partial charge in [-0.05, 0) is 24.1 Å². The molecule has 1 N–H and O–H groups in total. The smallest absolute Gasteiger partial charge is 0.311 e. The minimum absolute atomic E-state index is 0.0782. The summed E-state index contributed by atoms with van der Waals surface area (Å²) in [4.78, 5) is 10.7. The lowest BCUT2D eigenvalue weighted by molar-refractivity contribution is -0.385. The molecule has 0 unspecified atom stereocenters. The van der Waals surface area contributed by atoms with Crippen LogP contribution < -0.4 is 4.74 Å². The van der Waals surface area contributed by atoms with Gasteiger partial charge in [0.1, 0.15) is 0 Å². The van der Waals surface area contributed by atoms with E-state index in [4.69, 9.17) is 9.84 Å². The van der Waals surface area contributed by atoms with E-state index in [-0.39, 0.29) is 18.0 Å². The SMILES string of the molecule is COc1c(-c2ccn(C)n2)cc(CCO)cc1[N+](=O)[O-]. The molecule has 0 spiro atoms. The first kappa shape index (κ1) is 14.0. The van der Waals surface area contributed by atoms with Crippen LogP contribution in [0.1, 0.15) is 5.56 Å². The second kappa shape index (κ2) is 5.70. The molecule has 1 heterocycles. The molecule has 20 heavy (non-hydrogen) atoms. The maximum absolute atomic E-state index is 11.2. The van der Waals surface area contributed by atoms with E-state index in [1.807, 2.05) is 0 Å². The van der Waals surface area contributed by atoms with Crippen molar-refractivity contribution in [2.45, 2.75) is 6.42 Å². The molecule has 2 rings (SSSR count). The second-order valence-corrected chi connectivity index (χ2v) is 4.30.